The SMILES string of the molecule is [2H]c1cnc(S(=O)(=O)c2cnc([2H])cn2)cn1. The number of hydrogen-bond acceptors (Lipinski definition) is 6. The predicted octanol–water partition coefficient (Wildman–Crippen LogP) is 0.0994. The Hall–Kier alpha value is -1.89. The molecule has 0 spiro atoms. The molecule has 0 saturated carbocycles. The van der Waals surface area contributed by atoms with Gasteiger partial charge < -0.3 is 0 Å². The van der Waals surface area contributed by atoms with Gasteiger partial charge in [0.25, 0.3) is 0 Å². The van der Waals surface area contributed by atoms with Crippen molar-refractivity contribution in [2.45, 2.75) is 10.1 Å². The Bertz CT molecular complexity index is 576. The van der Waals surface area contributed by atoms with Gasteiger partial charge in [0.05, 0.1) is 15.1 Å². The summed E-state index contributed by atoms with van der Waals surface area (Å²) >= 11 is 0. The first-order valence-electron chi connectivity index (χ1n) is 4.82. The van der Waals surface area contributed by atoms with Crippen molar-refractivity contribution >= 4 is 9.84 Å². The Balaban J connectivity index is 2.50. The molecule has 2 aromatic rings. The van der Waals surface area contributed by atoms with Crippen LogP contribution in [-0.4, -0.2) is 28.4 Å². The van der Waals surface area contributed by atoms with E-state index in [0.717, 1.165) is 24.8 Å². The molecule has 0 aromatic carbocycles. The standard InChI is InChI=1S/C8H6N4O2S/c13-15(14,7-5-9-1-3-11-7)8-6-10-2-4-12-8/h1-6H/i1D,2D. The Morgan fingerprint density at radius 3 is 1.80 bits per heavy atom. The molecule has 0 aliphatic heterocycles. The van der Waals surface area contributed by atoms with E-state index in [9.17, 15) is 8.42 Å². The smallest absolute Gasteiger partial charge is 0.244 e. The molecule has 6 nitrogen and oxygen atoms in total. The molecule has 7 heteroatoms. The van der Waals surface area contributed by atoms with E-state index in [-0.39, 0.29) is 22.4 Å². The van der Waals surface area contributed by atoms with E-state index in [1.165, 1.54) is 0 Å². The van der Waals surface area contributed by atoms with Crippen molar-refractivity contribution in [2.24, 2.45) is 0 Å². The fourth-order valence-corrected chi connectivity index (χ4v) is 1.87. The van der Waals surface area contributed by atoms with E-state index in [1.54, 1.807) is 0 Å². The normalized spacial score (nSPS) is 13.1. The number of sulfone groups is 1. The van der Waals surface area contributed by atoms with Gasteiger partial charge in [-0.25, -0.2) is 18.4 Å². The molecule has 0 N–H and O–H groups in total. The molecule has 2 rings (SSSR count). The van der Waals surface area contributed by atoms with Gasteiger partial charge in [0.2, 0.25) is 9.84 Å². The summed E-state index contributed by atoms with van der Waals surface area (Å²) in [4.78, 5) is 14.2. The summed E-state index contributed by atoms with van der Waals surface area (Å²) in [6, 6.07) is 0. The minimum Gasteiger partial charge on any atom is -0.260 e. The van der Waals surface area contributed by atoms with Crippen LogP contribution in [0.1, 0.15) is 2.74 Å². The maximum atomic E-state index is 11.9. The first-order valence-corrected chi connectivity index (χ1v) is 5.31. The molecule has 0 aliphatic rings. The monoisotopic (exact) mass is 224 g/mol. The lowest BCUT2D eigenvalue weighted by Crippen LogP contribution is -2.06. The summed E-state index contributed by atoms with van der Waals surface area (Å²) in [6.45, 7) is 0. The van der Waals surface area contributed by atoms with Crippen LogP contribution in [0.3, 0.4) is 0 Å². The third-order valence-electron chi connectivity index (χ3n) is 1.55. The zero-order valence-electron chi connectivity index (χ0n) is 9.32. The van der Waals surface area contributed by atoms with E-state index < -0.39 is 9.84 Å². The van der Waals surface area contributed by atoms with Crippen molar-refractivity contribution in [3.05, 3.63) is 37.1 Å². The minimum absolute atomic E-state index is 0.128. The maximum Gasteiger partial charge on any atom is 0.244 e. The summed E-state index contributed by atoms with van der Waals surface area (Å²) in [5.41, 5.74) is 0. The first-order chi connectivity index (χ1) is 8.00. The van der Waals surface area contributed by atoms with Crippen LogP contribution in [-0.2, 0) is 9.84 Å². The van der Waals surface area contributed by atoms with Crippen LogP contribution in [0.4, 0.5) is 0 Å². The molecule has 2 heterocycles. The third-order valence-corrected chi connectivity index (χ3v) is 3.07. The highest BCUT2D eigenvalue weighted by atomic mass is 32.2. The zero-order valence-corrected chi connectivity index (χ0v) is 8.14. The first kappa shape index (κ1) is 7.41. The lowest BCUT2D eigenvalue weighted by molar-refractivity contribution is 0.587. The zero-order chi connectivity index (χ0) is 12.5. The van der Waals surface area contributed by atoms with Crippen molar-refractivity contribution < 1.29 is 11.2 Å². The van der Waals surface area contributed by atoms with Crippen molar-refractivity contribution in [3.8, 4) is 0 Å². The molecule has 76 valence electrons. The maximum absolute atomic E-state index is 11.9. The number of hydrogen-bond donors (Lipinski definition) is 0. The van der Waals surface area contributed by atoms with Gasteiger partial charge in [-0.2, -0.15) is 0 Å². The van der Waals surface area contributed by atoms with Gasteiger partial charge in [0.15, 0.2) is 10.1 Å². The fourth-order valence-electron chi connectivity index (χ4n) is 0.888. The highest BCUT2D eigenvalue weighted by Gasteiger charge is 2.20. The predicted molar refractivity (Wildman–Crippen MR) is 49.5 cm³/mol. The van der Waals surface area contributed by atoms with Crippen LogP contribution in [0.5, 0.6) is 0 Å². The van der Waals surface area contributed by atoms with Crippen molar-refractivity contribution in [3.63, 3.8) is 0 Å². The van der Waals surface area contributed by atoms with E-state index in [1.807, 2.05) is 0 Å². The summed E-state index contributed by atoms with van der Waals surface area (Å²) < 4.78 is 38.1. The Morgan fingerprint density at radius 2 is 1.47 bits per heavy atom. The number of aromatic nitrogens is 4. The van der Waals surface area contributed by atoms with Gasteiger partial charge in [0, 0.05) is 24.7 Å². The van der Waals surface area contributed by atoms with E-state index >= 15 is 0 Å². The van der Waals surface area contributed by atoms with Crippen molar-refractivity contribution in [2.75, 3.05) is 0 Å². The molecule has 0 amide bonds. The Labute approximate surface area is 88.8 Å². The van der Waals surface area contributed by atoms with Crippen LogP contribution in [0.25, 0.3) is 0 Å². The topological polar surface area (TPSA) is 85.7 Å². The molecule has 0 fully saturated rings. The van der Waals surface area contributed by atoms with Crippen LogP contribution in [0.15, 0.2) is 47.2 Å². The molecule has 0 bridgehead atoms. The molecule has 0 unspecified atom stereocenters. The molecular weight excluding hydrogens is 216 g/mol. The largest absolute Gasteiger partial charge is 0.260 e. The molecule has 0 radical (unpaired) electrons. The molecule has 0 aliphatic carbocycles. The van der Waals surface area contributed by atoms with Crippen LogP contribution in [0, 0.1) is 0 Å². The number of rotatable bonds is 2. The second kappa shape index (κ2) is 3.70. The highest BCUT2D eigenvalue weighted by molar-refractivity contribution is 7.91. The fraction of sp³-hybridized carbons (Fsp3) is 0. The second-order valence-corrected chi connectivity index (χ2v) is 4.31. The Kier molecular flexibility index (Phi) is 1.83. The summed E-state index contributed by atoms with van der Waals surface area (Å²) in [5.74, 6) is 0. The Morgan fingerprint density at radius 1 is 1.00 bits per heavy atom. The van der Waals surface area contributed by atoms with Gasteiger partial charge in [-0.05, 0) is 0 Å². The summed E-state index contributed by atoms with van der Waals surface area (Å²) in [5, 5.41) is -0.610. The van der Waals surface area contributed by atoms with Crippen molar-refractivity contribution in [1.29, 1.82) is 0 Å². The summed E-state index contributed by atoms with van der Waals surface area (Å²) in [7, 11) is -3.89. The van der Waals surface area contributed by atoms with Crippen LogP contribution < -0.4 is 0 Å². The summed E-state index contributed by atoms with van der Waals surface area (Å²) in [6.07, 6.45) is 3.76. The van der Waals surface area contributed by atoms with Gasteiger partial charge in [0.1, 0.15) is 0 Å². The average molecular weight is 224 g/mol. The highest BCUT2D eigenvalue weighted by Crippen LogP contribution is 2.13. The van der Waals surface area contributed by atoms with E-state index in [4.69, 9.17) is 2.74 Å². The third kappa shape index (κ3) is 1.82. The molecule has 0 atom stereocenters. The lowest BCUT2D eigenvalue weighted by atomic mass is 10.8. The minimum atomic E-state index is -3.89. The van der Waals surface area contributed by atoms with Crippen molar-refractivity contribution in [1.82, 2.24) is 19.9 Å². The van der Waals surface area contributed by atoms with Gasteiger partial charge in [-0.15, -0.1) is 0 Å². The van der Waals surface area contributed by atoms with Gasteiger partial charge in [-0.3, -0.25) is 9.97 Å². The van der Waals surface area contributed by atoms with Gasteiger partial charge in [-0.1, -0.05) is 0 Å². The second-order valence-electron chi connectivity index (χ2n) is 2.47. The molecule has 2 aromatic heterocycles. The van der Waals surface area contributed by atoms with Crippen LogP contribution in [0.2, 0.25) is 0 Å². The molecule has 15 heavy (non-hydrogen) atoms. The van der Waals surface area contributed by atoms with Gasteiger partial charge >= 0.3 is 0 Å². The van der Waals surface area contributed by atoms with E-state index in [2.05, 4.69) is 19.9 Å². The molecule has 0 saturated heterocycles. The van der Waals surface area contributed by atoms with E-state index in [0.29, 0.717) is 0 Å². The lowest BCUT2D eigenvalue weighted by Gasteiger charge is -1.99. The number of nitrogens with zero attached hydrogens (tertiary/aromatic N) is 4. The molecular formula is C8H6N4O2S. The van der Waals surface area contributed by atoms with Crippen LogP contribution >= 0.6 is 0 Å². The quantitative estimate of drug-likeness (QED) is 0.719. The average Bonchev–Trinajstić information content (AvgIpc) is 2.30.